The van der Waals surface area contributed by atoms with Crippen LogP contribution in [0.3, 0.4) is 0 Å². The van der Waals surface area contributed by atoms with E-state index in [2.05, 4.69) is 0 Å². The second-order valence-electron chi connectivity index (χ2n) is 2.09. The standard InChI is InChI=1S/C8H10O3/c1-2-11-8(9)5-7-3-4-10-6-7/h3-5H,2,6H2,1H3/b7-5-. The van der Waals surface area contributed by atoms with E-state index in [1.54, 1.807) is 19.3 Å². The van der Waals surface area contributed by atoms with Gasteiger partial charge in [-0.1, -0.05) is 0 Å². The lowest BCUT2D eigenvalue weighted by molar-refractivity contribution is -0.137. The molecule has 1 aliphatic heterocycles. The van der Waals surface area contributed by atoms with Gasteiger partial charge in [-0.2, -0.15) is 0 Å². The lowest BCUT2D eigenvalue weighted by Crippen LogP contribution is -2.01. The molecular weight excluding hydrogens is 144 g/mol. The fraction of sp³-hybridized carbons (Fsp3) is 0.375. The first kappa shape index (κ1) is 7.85. The Morgan fingerprint density at radius 1 is 1.91 bits per heavy atom. The van der Waals surface area contributed by atoms with Gasteiger partial charge in [0.1, 0.15) is 6.61 Å². The molecule has 3 heteroatoms. The van der Waals surface area contributed by atoms with Crippen molar-refractivity contribution in [3.8, 4) is 0 Å². The monoisotopic (exact) mass is 154 g/mol. The summed E-state index contributed by atoms with van der Waals surface area (Å²) in [7, 11) is 0. The first-order valence-electron chi connectivity index (χ1n) is 3.48. The minimum Gasteiger partial charge on any atom is -0.496 e. The van der Waals surface area contributed by atoms with Crippen molar-refractivity contribution in [3.63, 3.8) is 0 Å². The molecule has 1 heterocycles. The van der Waals surface area contributed by atoms with Crippen molar-refractivity contribution in [1.29, 1.82) is 0 Å². The van der Waals surface area contributed by atoms with E-state index in [0.717, 1.165) is 5.57 Å². The van der Waals surface area contributed by atoms with E-state index in [4.69, 9.17) is 9.47 Å². The summed E-state index contributed by atoms with van der Waals surface area (Å²) in [5, 5.41) is 0. The highest BCUT2D eigenvalue weighted by Gasteiger charge is 2.03. The van der Waals surface area contributed by atoms with Crippen molar-refractivity contribution in [2.75, 3.05) is 13.2 Å². The lowest BCUT2D eigenvalue weighted by atomic mass is 10.3. The molecule has 0 saturated heterocycles. The maximum Gasteiger partial charge on any atom is 0.331 e. The first-order valence-corrected chi connectivity index (χ1v) is 3.48. The Morgan fingerprint density at radius 3 is 3.27 bits per heavy atom. The van der Waals surface area contributed by atoms with Crippen LogP contribution in [-0.4, -0.2) is 19.2 Å². The fourth-order valence-electron chi connectivity index (χ4n) is 0.753. The molecule has 0 N–H and O–H groups in total. The maximum atomic E-state index is 10.8. The van der Waals surface area contributed by atoms with Crippen LogP contribution in [0.25, 0.3) is 0 Å². The Morgan fingerprint density at radius 2 is 2.73 bits per heavy atom. The molecule has 11 heavy (non-hydrogen) atoms. The summed E-state index contributed by atoms with van der Waals surface area (Å²) in [6, 6.07) is 0. The maximum absolute atomic E-state index is 10.8. The Balaban J connectivity index is 2.44. The minimum atomic E-state index is -0.308. The fourth-order valence-corrected chi connectivity index (χ4v) is 0.753. The molecule has 0 bridgehead atoms. The van der Waals surface area contributed by atoms with Crippen molar-refractivity contribution in [2.24, 2.45) is 0 Å². The smallest absolute Gasteiger partial charge is 0.331 e. The van der Waals surface area contributed by atoms with Crippen LogP contribution in [0.1, 0.15) is 6.92 Å². The van der Waals surface area contributed by atoms with Gasteiger partial charge in [-0.3, -0.25) is 0 Å². The van der Waals surface area contributed by atoms with Gasteiger partial charge < -0.3 is 9.47 Å². The van der Waals surface area contributed by atoms with Crippen LogP contribution >= 0.6 is 0 Å². The Labute approximate surface area is 65.3 Å². The number of hydrogen-bond acceptors (Lipinski definition) is 3. The van der Waals surface area contributed by atoms with E-state index >= 15 is 0 Å². The van der Waals surface area contributed by atoms with E-state index < -0.39 is 0 Å². The van der Waals surface area contributed by atoms with Gasteiger partial charge in [-0.15, -0.1) is 0 Å². The summed E-state index contributed by atoms with van der Waals surface area (Å²) in [6.45, 7) is 2.66. The number of rotatable bonds is 2. The van der Waals surface area contributed by atoms with Gasteiger partial charge in [-0.25, -0.2) is 4.79 Å². The van der Waals surface area contributed by atoms with E-state index in [1.165, 1.54) is 6.08 Å². The summed E-state index contributed by atoms with van der Waals surface area (Å²) < 4.78 is 9.58. The van der Waals surface area contributed by atoms with E-state index in [1.807, 2.05) is 0 Å². The molecule has 1 rings (SSSR count). The zero-order valence-corrected chi connectivity index (χ0v) is 6.37. The zero-order chi connectivity index (χ0) is 8.10. The van der Waals surface area contributed by atoms with Crippen LogP contribution in [0.15, 0.2) is 24.0 Å². The van der Waals surface area contributed by atoms with Gasteiger partial charge in [0.15, 0.2) is 0 Å². The molecule has 0 aromatic carbocycles. The topological polar surface area (TPSA) is 35.5 Å². The largest absolute Gasteiger partial charge is 0.496 e. The van der Waals surface area contributed by atoms with Gasteiger partial charge >= 0.3 is 5.97 Å². The molecule has 0 aromatic heterocycles. The molecule has 0 unspecified atom stereocenters. The van der Waals surface area contributed by atoms with Crippen LogP contribution in [0, 0.1) is 0 Å². The zero-order valence-electron chi connectivity index (χ0n) is 6.37. The predicted molar refractivity (Wildman–Crippen MR) is 39.8 cm³/mol. The SMILES string of the molecule is CCOC(=O)/C=C1/C=COC1. The third kappa shape index (κ3) is 2.45. The Bertz CT molecular complexity index is 203. The predicted octanol–water partition coefficient (Wildman–Crippen LogP) is 1.02. The molecule has 0 spiro atoms. The minimum absolute atomic E-state index is 0.308. The second-order valence-corrected chi connectivity index (χ2v) is 2.09. The van der Waals surface area contributed by atoms with E-state index in [-0.39, 0.29) is 5.97 Å². The van der Waals surface area contributed by atoms with Crippen molar-refractivity contribution in [2.45, 2.75) is 6.92 Å². The van der Waals surface area contributed by atoms with Crippen LogP contribution in [0.4, 0.5) is 0 Å². The summed E-state index contributed by atoms with van der Waals surface area (Å²) in [5.74, 6) is -0.308. The highest BCUT2D eigenvalue weighted by Crippen LogP contribution is 2.06. The second kappa shape index (κ2) is 3.81. The highest BCUT2D eigenvalue weighted by atomic mass is 16.5. The van der Waals surface area contributed by atoms with Gasteiger partial charge in [0.05, 0.1) is 12.9 Å². The molecule has 0 saturated carbocycles. The summed E-state index contributed by atoms with van der Waals surface area (Å²) in [5.41, 5.74) is 0.850. The first-order chi connectivity index (χ1) is 5.33. The molecule has 0 fully saturated rings. The van der Waals surface area contributed by atoms with Crippen molar-refractivity contribution in [3.05, 3.63) is 24.0 Å². The normalized spacial score (nSPS) is 18.5. The van der Waals surface area contributed by atoms with Crippen LogP contribution in [-0.2, 0) is 14.3 Å². The van der Waals surface area contributed by atoms with Crippen molar-refractivity contribution < 1.29 is 14.3 Å². The Kier molecular flexibility index (Phi) is 2.72. The third-order valence-electron chi connectivity index (χ3n) is 1.22. The number of esters is 1. The van der Waals surface area contributed by atoms with Crippen LogP contribution in [0.2, 0.25) is 0 Å². The number of carbonyl (C=O) groups excluding carboxylic acids is 1. The number of ether oxygens (including phenoxy) is 2. The summed E-state index contributed by atoms with van der Waals surface area (Å²) in [6.07, 6.45) is 4.75. The number of carbonyl (C=O) groups is 1. The summed E-state index contributed by atoms with van der Waals surface area (Å²) >= 11 is 0. The van der Waals surface area contributed by atoms with E-state index in [9.17, 15) is 4.79 Å². The highest BCUT2D eigenvalue weighted by molar-refractivity contribution is 5.83. The quantitative estimate of drug-likeness (QED) is 0.440. The van der Waals surface area contributed by atoms with Crippen molar-refractivity contribution >= 4 is 5.97 Å². The summed E-state index contributed by atoms with van der Waals surface area (Å²) in [4.78, 5) is 10.8. The van der Waals surface area contributed by atoms with Crippen LogP contribution < -0.4 is 0 Å². The van der Waals surface area contributed by atoms with Gasteiger partial charge in [0.25, 0.3) is 0 Å². The molecular formula is C8H10O3. The molecule has 0 radical (unpaired) electrons. The van der Waals surface area contributed by atoms with Crippen LogP contribution in [0.5, 0.6) is 0 Å². The lowest BCUT2D eigenvalue weighted by Gasteiger charge is -1.95. The van der Waals surface area contributed by atoms with E-state index in [0.29, 0.717) is 13.2 Å². The van der Waals surface area contributed by atoms with Gasteiger partial charge in [-0.05, 0) is 18.6 Å². The Hall–Kier alpha value is -1.25. The molecule has 60 valence electrons. The van der Waals surface area contributed by atoms with Crippen molar-refractivity contribution in [1.82, 2.24) is 0 Å². The molecule has 0 amide bonds. The van der Waals surface area contributed by atoms with Gasteiger partial charge in [0.2, 0.25) is 0 Å². The van der Waals surface area contributed by atoms with Gasteiger partial charge in [0, 0.05) is 6.08 Å². The molecule has 0 aromatic rings. The average Bonchev–Trinajstić information content (AvgIpc) is 2.40. The number of hydrogen-bond donors (Lipinski definition) is 0. The average molecular weight is 154 g/mol. The molecule has 3 nitrogen and oxygen atoms in total. The molecule has 1 aliphatic rings. The molecule has 0 atom stereocenters. The molecule has 0 aliphatic carbocycles. The third-order valence-corrected chi connectivity index (χ3v) is 1.22.